The summed E-state index contributed by atoms with van der Waals surface area (Å²) in [6.07, 6.45) is 0.182. The molecule has 0 bridgehead atoms. The number of amides is 1. The molecule has 0 spiro atoms. The first kappa shape index (κ1) is 25.2. The highest BCUT2D eigenvalue weighted by atomic mass is 16.5. The van der Waals surface area contributed by atoms with Crippen LogP contribution in [0, 0.1) is 0 Å². The van der Waals surface area contributed by atoms with E-state index in [9.17, 15) is 14.7 Å². The maximum absolute atomic E-state index is 13.0. The number of likely N-dealkylation sites (N-methyl/N-ethyl adjacent to an activating group) is 1. The molecular formula is C26H32N6O4. The summed E-state index contributed by atoms with van der Waals surface area (Å²) < 4.78 is 5.63. The Kier molecular flexibility index (Phi) is 7.54. The van der Waals surface area contributed by atoms with Crippen molar-refractivity contribution in [1.82, 2.24) is 20.2 Å². The minimum Gasteiger partial charge on any atom is -0.491 e. The summed E-state index contributed by atoms with van der Waals surface area (Å²) in [5, 5.41) is 13.2. The average Bonchev–Trinajstić information content (AvgIpc) is 2.84. The number of aliphatic carboxylic acids is 1. The zero-order valence-electron chi connectivity index (χ0n) is 20.8. The van der Waals surface area contributed by atoms with Gasteiger partial charge in [0.1, 0.15) is 17.6 Å². The number of nitrogen functional groups attached to an aromatic ring is 1. The quantitative estimate of drug-likeness (QED) is 0.432. The highest BCUT2D eigenvalue weighted by molar-refractivity contribution is 6.01. The molecule has 0 unspecified atom stereocenters. The first-order valence-corrected chi connectivity index (χ1v) is 12.0. The van der Waals surface area contributed by atoms with Crippen LogP contribution in [0.4, 0.5) is 11.8 Å². The molecule has 10 heteroatoms. The van der Waals surface area contributed by atoms with Gasteiger partial charge in [0.25, 0.3) is 5.91 Å². The smallest absolute Gasteiger partial charge is 0.326 e. The number of nitrogens with zero attached hydrogens (tertiary/aromatic N) is 4. The van der Waals surface area contributed by atoms with Gasteiger partial charge >= 0.3 is 5.97 Å². The number of nitrogens with one attached hydrogen (secondary N) is 1. The Balaban J connectivity index is 1.51. The monoisotopic (exact) mass is 492 g/mol. The lowest BCUT2D eigenvalue weighted by Crippen LogP contribution is -2.45. The summed E-state index contributed by atoms with van der Waals surface area (Å²) >= 11 is 0. The molecule has 0 aliphatic carbocycles. The van der Waals surface area contributed by atoms with Crippen molar-refractivity contribution in [3.05, 3.63) is 53.6 Å². The van der Waals surface area contributed by atoms with Crippen LogP contribution in [0.1, 0.15) is 29.8 Å². The maximum atomic E-state index is 13.0. The first-order valence-electron chi connectivity index (χ1n) is 12.0. The minimum absolute atomic E-state index is 0.0436. The Morgan fingerprint density at radius 1 is 1.08 bits per heavy atom. The van der Waals surface area contributed by atoms with Gasteiger partial charge in [-0.2, -0.15) is 4.98 Å². The highest BCUT2D eigenvalue weighted by Gasteiger charge is 2.23. The summed E-state index contributed by atoms with van der Waals surface area (Å²) in [7, 11) is 2.08. The van der Waals surface area contributed by atoms with Crippen molar-refractivity contribution in [1.29, 1.82) is 0 Å². The number of carboxylic acids is 1. The molecule has 36 heavy (non-hydrogen) atoms. The number of rotatable bonds is 8. The van der Waals surface area contributed by atoms with E-state index in [1.54, 1.807) is 42.5 Å². The summed E-state index contributed by atoms with van der Waals surface area (Å²) in [5.74, 6) is -0.0378. The van der Waals surface area contributed by atoms with Crippen molar-refractivity contribution in [3.63, 3.8) is 0 Å². The van der Waals surface area contributed by atoms with Crippen LogP contribution in [0.2, 0.25) is 0 Å². The van der Waals surface area contributed by atoms with E-state index in [0.717, 1.165) is 42.9 Å². The maximum Gasteiger partial charge on any atom is 0.326 e. The summed E-state index contributed by atoms with van der Waals surface area (Å²) in [4.78, 5) is 38.1. The number of carbonyl (C=O) groups excluding carboxylic acids is 1. The van der Waals surface area contributed by atoms with Crippen LogP contribution in [0.15, 0.2) is 42.5 Å². The van der Waals surface area contributed by atoms with Crippen molar-refractivity contribution in [3.8, 4) is 5.75 Å². The molecule has 10 nitrogen and oxygen atoms in total. The molecule has 2 aromatic carbocycles. The number of hydrogen-bond acceptors (Lipinski definition) is 8. The molecule has 0 saturated carbocycles. The Bertz CT molecular complexity index is 1240. The lowest BCUT2D eigenvalue weighted by molar-refractivity contribution is -0.139. The van der Waals surface area contributed by atoms with E-state index in [1.165, 1.54) is 0 Å². The first-order chi connectivity index (χ1) is 17.2. The topological polar surface area (TPSA) is 134 Å². The zero-order chi connectivity index (χ0) is 25.8. The van der Waals surface area contributed by atoms with Gasteiger partial charge in [-0.15, -0.1) is 0 Å². The number of anilines is 2. The molecule has 3 aromatic rings. The number of nitrogens with two attached hydrogens (primary N) is 1. The van der Waals surface area contributed by atoms with Crippen LogP contribution in [0.25, 0.3) is 10.9 Å². The molecule has 1 atom stereocenters. The van der Waals surface area contributed by atoms with Gasteiger partial charge in [-0.05, 0) is 56.8 Å². The van der Waals surface area contributed by atoms with Crippen LogP contribution in [-0.2, 0) is 11.2 Å². The van der Waals surface area contributed by atoms with Gasteiger partial charge in [0.2, 0.25) is 5.95 Å². The van der Waals surface area contributed by atoms with Crippen LogP contribution >= 0.6 is 0 Å². The molecule has 1 amide bonds. The number of benzene rings is 2. The van der Waals surface area contributed by atoms with Gasteiger partial charge < -0.3 is 30.7 Å². The second-order valence-electron chi connectivity index (χ2n) is 9.31. The van der Waals surface area contributed by atoms with Gasteiger partial charge in [0.05, 0.1) is 11.6 Å². The molecular weight excluding hydrogens is 460 g/mol. The van der Waals surface area contributed by atoms with Crippen molar-refractivity contribution < 1.29 is 19.4 Å². The molecule has 0 radical (unpaired) electrons. The Labute approximate surface area is 210 Å². The van der Waals surface area contributed by atoms with E-state index in [-0.39, 0.29) is 18.5 Å². The molecule has 2 heterocycles. The van der Waals surface area contributed by atoms with E-state index >= 15 is 0 Å². The fourth-order valence-electron chi connectivity index (χ4n) is 4.18. The molecule has 1 aromatic heterocycles. The van der Waals surface area contributed by atoms with Gasteiger partial charge in [0, 0.05) is 43.5 Å². The third-order valence-corrected chi connectivity index (χ3v) is 6.10. The van der Waals surface area contributed by atoms with Gasteiger partial charge in [-0.25, -0.2) is 9.78 Å². The lowest BCUT2D eigenvalue weighted by atomic mass is 10.0. The predicted octanol–water partition coefficient (Wildman–Crippen LogP) is 2.18. The van der Waals surface area contributed by atoms with Crippen LogP contribution in [0.5, 0.6) is 5.75 Å². The van der Waals surface area contributed by atoms with Crippen molar-refractivity contribution in [2.24, 2.45) is 0 Å². The molecule has 190 valence electrons. The van der Waals surface area contributed by atoms with Gasteiger partial charge in [-0.1, -0.05) is 12.1 Å². The molecule has 4 N–H and O–H groups in total. The fraction of sp³-hybridized carbons (Fsp3) is 0.385. The number of carbonyl (C=O) groups is 2. The number of fused-ring (bicyclic) bond motifs is 1. The zero-order valence-corrected chi connectivity index (χ0v) is 20.8. The number of carboxylic acid groups (broad SMARTS) is 1. The summed E-state index contributed by atoms with van der Waals surface area (Å²) in [5.41, 5.74) is 7.60. The lowest BCUT2D eigenvalue weighted by Gasteiger charge is -2.33. The molecule has 1 aliphatic heterocycles. The number of hydrogen-bond donors (Lipinski definition) is 3. The molecule has 1 aliphatic rings. The van der Waals surface area contributed by atoms with E-state index in [4.69, 9.17) is 10.5 Å². The normalized spacial score (nSPS) is 15.2. The van der Waals surface area contributed by atoms with Gasteiger partial charge in [-0.3, -0.25) is 4.79 Å². The SMILES string of the molecule is CC(C)Oc1ccc(C[C@H](NC(=O)c2ccc3c(N4CCN(C)CC4)nc(N)nc3c2)C(=O)O)cc1. The third kappa shape index (κ3) is 6.01. The highest BCUT2D eigenvalue weighted by Crippen LogP contribution is 2.26. The van der Waals surface area contributed by atoms with Crippen molar-refractivity contribution in [2.75, 3.05) is 43.9 Å². The van der Waals surface area contributed by atoms with Crippen molar-refractivity contribution >= 4 is 34.5 Å². The Morgan fingerprint density at radius 2 is 1.78 bits per heavy atom. The summed E-state index contributed by atoms with van der Waals surface area (Å²) in [6.45, 7) is 7.32. The van der Waals surface area contributed by atoms with Crippen LogP contribution in [0.3, 0.4) is 0 Å². The Morgan fingerprint density at radius 3 is 2.42 bits per heavy atom. The van der Waals surface area contributed by atoms with E-state index in [2.05, 4.69) is 32.1 Å². The second-order valence-corrected chi connectivity index (χ2v) is 9.31. The summed E-state index contributed by atoms with van der Waals surface area (Å²) in [6, 6.07) is 11.2. The standard InChI is InChI=1S/C26H32N6O4/c1-16(2)36-19-7-4-17(5-8-19)14-22(25(34)35)28-24(33)18-6-9-20-21(15-18)29-26(27)30-23(20)32-12-10-31(3)11-13-32/h4-9,15-16,22H,10-14H2,1-3H3,(H,28,33)(H,34,35)(H2,27,29,30)/t22-/m0/s1. The van der Waals surface area contributed by atoms with E-state index in [0.29, 0.717) is 16.8 Å². The predicted molar refractivity (Wildman–Crippen MR) is 138 cm³/mol. The van der Waals surface area contributed by atoms with Gasteiger partial charge in [0.15, 0.2) is 0 Å². The molecule has 4 rings (SSSR count). The van der Waals surface area contributed by atoms with E-state index in [1.807, 2.05) is 13.8 Å². The number of aromatic nitrogens is 2. The number of piperazine rings is 1. The third-order valence-electron chi connectivity index (χ3n) is 6.10. The van der Waals surface area contributed by atoms with Crippen molar-refractivity contribution in [2.45, 2.75) is 32.4 Å². The Hall–Kier alpha value is -3.92. The fourth-order valence-corrected chi connectivity index (χ4v) is 4.18. The van der Waals surface area contributed by atoms with Crippen LogP contribution < -0.4 is 20.7 Å². The van der Waals surface area contributed by atoms with Crippen LogP contribution in [-0.4, -0.2) is 77.2 Å². The average molecular weight is 493 g/mol. The molecule has 1 saturated heterocycles. The minimum atomic E-state index is -1.12. The van der Waals surface area contributed by atoms with E-state index < -0.39 is 17.9 Å². The number of ether oxygens (including phenoxy) is 1. The molecule has 1 fully saturated rings. The largest absolute Gasteiger partial charge is 0.491 e. The second kappa shape index (κ2) is 10.8.